The monoisotopic (exact) mass is 291 g/mol. The Kier molecular flexibility index (Phi) is 5.27. The van der Waals surface area contributed by atoms with Crippen LogP contribution in [0.4, 0.5) is 0 Å². The van der Waals surface area contributed by atoms with Gasteiger partial charge in [0.1, 0.15) is 17.2 Å². The first kappa shape index (κ1) is 14.7. The van der Waals surface area contributed by atoms with Crippen LogP contribution in [0.15, 0.2) is 42.5 Å². The van der Waals surface area contributed by atoms with Crippen molar-refractivity contribution in [3.05, 3.63) is 53.1 Å². The van der Waals surface area contributed by atoms with Gasteiger partial charge in [0.05, 0.1) is 6.61 Å². The molecule has 0 saturated carbocycles. The molecule has 0 bridgehead atoms. The molecule has 0 saturated heterocycles. The molecule has 3 nitrogen and oxygen atoms in total. The molecule has 0 unspecified atom stereocenters. The third kappa shape index (κ3) is 3.89. The van der Waals surface area contributed by atoms with Crippen LogP contribution in [-0.2, 0) is 6.54 Å². The third-order valence-corrected chi connectivity index (χ3v) is 3.01. The van der Waals surface area contributed by atoms with Crippen LogP contribution in [0.5, 0.6) is 17.2 Å². The normalized spacial score (nSPS) is 10.3. The lowest BCUT2D eigenvalue weighted by atomic mass is 10.2. The van der Waals surface area contributed by atoms with Gasteiger partial charge in [0.15, 0.2) is 0 Å². The summed E-state index contributed by atoms with van der Waals surface area (Å²) in [4.78, 5) is 0. The van der Waals surface area contributed by atoms with Gasteiger partial charge in [-0.2, -0.15) is 0 Å². The van der Waals surface area contributed by atoms with E-state index in [1.54, 1.807) is 12.1 Å². The van der Waals surface area contributed by atoms with Crippen LogP contribution < -0.4 is 15.2 Å². The van der Waals surface area contributed by atoms with Crippen LogP contribution in [0.1, 0.15) is 18.9 Å². The van der Waals surface area contributed by atoms with Gasteiger partial charge in [0, 0.05) is 17.1 Å². The van der Waals surface area contributed by atoms with Crippen molar-refractivity contribution in [3.63, 3.8) is 0 Å². The number of halogens is 1. The van der Waals surface area contributed by atoms with E-state index in [2.05, 4.69) is 6.92 Å². The average Bonchev–Trinajstić information content (AvgIpc) is 2.47. The first-order valence-corrected chi connectivity index (χ1v) is 7.00. The van der Waals surface area contributed by atoms with Crippen molar-refractivity contribution in [1.29, 1.82) is 0 Å². The quantitative estimate of drug-likeness (QED) is 0.859. The molecule has 0 aliphatic heterocycles. The summed E-state index contributed by atoms with van der Waals surface area (Å²) in [7, 11) is 0. The van der Waals surface area contributed by atoms with Crippen LogP contribution in [-0.4, -0.2) is 6.61 Å². The molecule has 2 rings (SSSR count). The molecule has 0 radical (unpaired) electrons. The van der Waals surface area contributed by atoms with Gasteiger partial charge >= 0.3 is 0 Å². The minimum atomic E-state index is 0.407. The Morgan fingerprint density at radius 2 is 1.75 bits per heavy atom. The summed E-state index contributed by atoms with van der Waals surface area (Å²) >= 11 is 5.98. The fourth-order valence-corrected chi connectivity index (χ4v) is 1.90. The van der Waals surface area contributed by atoms with Crippen molar-refractivity contribution in [2.24, 2.45) is 5.73 Å². The van der Waals surface area contributed by atoms with Crippen LogP contribution in [0, 0.1) is 0 Å². The van der Waals surface area contributed by atoms with Crippen LogP contribution in [0.3, 0.4) is 0 Å². The zero-order chi connectivity index (χ0) is 14.4. The first-order chi connectivity index (χ1) is 9.72. The van der Waals surface area contributed by atoms with Crippen molar-refractivity contribution in [2.75, 3.05) is 6.61 Å². The molecule has 0 aromatic heterocycles. The summed E-state index contributed by atoms with van der Waals surface area (Å²) in [5, 5.41) is 0.625. The Hall–Kier alpha value is -1.71. The molecule has 106 valence electrons. The van der Waals surface area contributed by atoms with Crippen molar-refractivity contribution in [3.8, 4) is 17.2 Å². The van der Waals surface area contributed by atoms with E-state index >= 15 is 0 Å². The zero-order valence-corrected chi connectivity index (χ0v) is 12.2. The topological polar surface area (TPSA) is 44.5 Å². The van der Waals surface area contributed by atoms with Gasteiger partial charge in [-0.15, -0.1) is 0 Å². The standard InChI is InChI=1S/C16H18ClNO2/c1-2-9-19-14-5-7-15(8-6-14)20-16-10-13(17)4-3-12(16)11-18/h3-8,10H,2,9,11,18H2,1H3. The predicted molar refractivity (Wildman–Crippen MR) is 81.6 cm³/mol. The third-order valence-electron chi connectivity index (χ3n) is 2.77. The number of rotatable bonds is 6. The van der Waals surface area contributed by atoms with E-state index in [0.717, 1.165) is 23.5 Å². The number of ether oxygens (including phenoxy) is 2. The van der Waals surface area contributed by atoms with Crippen LogP contribution in [0.2, 0.25) is 5.02 Å². The zero-order valence-electron chi connectivity index (χ0n) is 11.4. The highest BCUT2D eigenvalue weighted by molar-refractivity contribution is 6.30. The number of benzene rings is 2. The molecular weight excluding hydrogens is 274 g/mol. The van der Waals surface area contributed by atoms with E-state index in [9.17, 15) is 0 Å². The largest absolute Gasteiger partial charge is 0.494 e. The van der Waals surface area contributed by atoms with E-state index in [0.29, 0.717) is 23.9 Å². The van der Waals surface area contributed by atoms with E-state index in [4.69, 9.17) is 26.8 Å². The van der Waals surface area contributed by atoms with Crippen molar-refractivity contribution in [2.45, 2.75) is 19.9 Å². The van der Waals surface area contributed by atoms with Gasteiger partial charge in [-0.1, -0.05) is 24.6 Å². The Balaban J connectivity index is 2.11. The van der Waals surface area contributed by atoms with Gasteiger partial charge in [-0.05, 0) is 42.8 Å². The van der Waals surface area contributed by atoms with Gasteiger partial charge in [-0.25, -0.2) is 0 Å². The minimum absolute atomic E-state index is 0.407. The maximum atomic E-state index is 5.98. The highest BCUT2D eigenvalue weighted by Gasteiger charge is 2.05. The fourth-order valence-electron chi connectivity index (χ4n) is 1.74. The summed E-state index contributed by atoms with van der Waals surface area (Å²) in [5.74, 6) is 2.25. The Bertz CT molecular complexity index is 555. The van der Waals surface area contributed by atoms with Gasteiger partial charge in [-0.3, -0.25) is 0 Å². The smallest absolute Gasteiger partial charge is 0.133 e. The van der Waals surface area contributed by atoms with E-state index in [1.165, 1.54) is 0 Å². The molecule has 2 aromatic carbocycles. The Morgan fingerprint density at radius 3 is 2.40 bits per heavy atom. The molecule has 0 amide bonds. The minimum Gasteiger partial charge on any atom is -0.494 e. The Morgan fingerprint density at radius 1 is 1.05 bits per heavy atom. The summed E-state index contributed by atoms with van der Waals surface area (Å²) in [6.45, 7) is 3.20. The maximum Gasteiger partial charge on any atom is 0.133 e. The average molecular weight is 292 g/mol. The maximum absolute atomic E-state index is 5.98. The molecule has 0 heterocycles. The predicted octanol–water partition coefficient (Wildman–Crippen LogP) is 4.38. The van der Waals surface area contributed by atoms with Gasteiger partial charge < -0.3 is 15.2 Å². The lowest BCUT2D eigenvalue weighted by molar-refractivity contribution is 0.317. The van der Waals surface area contributed by atoms with Crippen LogP contribution >= 0.6 is 11.6 Å². The van der Waals surface area contributed by atoms with Crippen molar-refractivity contribution in [1.82, 2.24) is 0 Å². The van der Waals surface area contributed by atoms with E-state index in [1.807, 2.05) is 30.3 Å². The molecule has 0 aliphatic carbocycles. The molecular formula is C16H18ClNO2. The van der Waals surface area contributed by atoms with Gasteiger partial charge in [0.25, 0.3) is 0 Å². The van der Waals surface area contributed by atoms with Crippen molar-refractivity contribution >= 4 is 11.6 Å². The lowest BCUT2D eigenvalue weighted by Gasteiger charge is -2.11. The van der Waals surface area contributed by atoms with Crippen molar-refractivity contribution < 1.29 is 9.47 Å². The molecule has 20 heavy (non-hydrogen) atoms. The van der Waals surface area contributed by atoms with E-state index in [-0.39, 0.29) is 0 Å². The summed E-state index contributed by atoms with van der Waals surface area (Å²) < 4.78 is 11.3. The fraction of sp³-hybridized carbons (Fsp3) is 0.250. The highest BCUT2D eigenvalue weighted by atomic mass is 35.5. The van der Waals surface area contributed by atoms with Gasteiger partial charge in [0.2, 0.25) is 0 Å². The lowest BCUT2D eigenvalue weighted by Crippen LogP contribution is -1.99. The summed E-state index contributed by atoms with van der Waals surface area (Å²) in [6, 6.07) is 13.0. The molecule has 2 N–H and O–H groups in total. The number of hydrogen-bond donors (Lipinski definition) is 1. The molecule has 2 aromatic rings. The molecule has 4 heteroatoms. The molecule has 0 atom stereocenters. The second kappa shape index (κ2) is 7.17. The number of hydrogen-bond acceptors (Lipinski definition) is 3. The van der Waals surface area contributed by atoms with E-state index < -0.39 is 0 Å². The molecule has 0 aliphatic rings. The molecule has 0 fully saturated rings. The summed E-state index contributed by atoms with van der Waals surface area (Å²) in [6.07, 6.45) is 0.987. The second-order valence-electron chi connectivity index (χ2n) is 4.38. The summed E-state index contributed by atoms with van der Waals surface area (Å²) in [5.41, 5.74) is 6.61. The Labute approximate surface area is 124 Å². The second-order valence-corrected chi connectivity index (χ2v) is 4.81. The first-order valence-electron chi connectivity index (χ1n) is 6.62. The number of nitrogens with two attached hydrogens (primary N) is 1. The SMILES string of the molecule is CCCOc1ccc(Oc2cc(Cl)ccc2CN)cc1. The van der Waals surface area contributed by atoms with Crippen LogP contribution in [0.25, 0.3) is 0 Å². The molecule has 0 spiro atoms. The highest BCUT2D eigenvalue weighted by Crippen LogP contribution is 2.29.